The molecule has 0 fully saturated rings. The number of hydrogen-bond acceptors (Lipinski definition) is 2. The number of hydrogen-bond donors (Lipinski definition) is 1. The molecule has 0 radical (unpaired) electrons. The fourth-order valence-electron chi connectivity index (χ4n) is 1.28. The predicted molar refractivity (Wildman–Crippen MR) is 57.8 cm³/mol. The van der Waals surface area contributed by atoms with Gasteiger partial charge in [-0.15, -0.1) is 0 Å². The molecule has 1 atom stereocenters. The molecule has 0 aromatic carbocycles. The lowest BCUT2D eigenvalue weighted by Gasteiger charge is -2.10. The second-order valence-electron chi connectivity index (χ2n) is 3.66. The molecular formula is C11H25NO. The summed E-state index contributed by atoms with van der Waals surface area (Å²) in [5.41, 5.74) is 5.92. The monoisotopic (exact) mass is 187 g/mol. The lowest BCUT2D eigenvalue weighted by molar-refractivity contribution is 0.127. The molecule has 0 spiro atoms. The Labute approximate surface area is 82.8 Å². The van der Waals surface area contributed by atoms with E-state index in [2.05, 4.69) is 13.8 Å². The van der Waals surface area contributed by atoms with Gasteiger partial charge in [0.15, 0.2) is 0 Å². The Bertz CT molecular complexity index is 96.1. The lowest BCUT2D eigenvalue weighted by Crippen LogP contribution is -2.21. The SMILES string of the molecule is CCCCCC(N)CCOCCC. The Morgan fingerprint density at radius 2 is 1.77 bits per heavy atom. The summed E-state index contributed by atoms with van der Waals surface area (Å²) in [6.45, 7) is 6.06. The normalized spacial score (nSPS) is 13.2. The summed E-state index contributed by atoms with van der Waals surface area (Å²) in [6, 6.07) is 0.350. The van der Waals surface area contributed by atoms with E-state index in [0.29, 0.717) is 6.04 Å². The van der Waals surface area contributed by atoms with Crippen LogP contribution in [-0.2, 0) is 4.74 Å². The largest absolute Gasteiger partial charge is 0.381 e. The van der Waals surface area contributed by atoms with Gasteiger partial charge in [-0.2, -0.15) is 0 Å². The zero-order valence-corrected chi connectivity index (χ0v) is 9.22. The van der Waals surface area contributed by atoms with Gasteiger partial charge in [-0.25, -0.2) is 0 Å². The van der Waals surface area contributed by atoms with Gasteiger partial charge in [0.2, 0.25) is 0 Å². The Morgan fingerprint density at radius 1 is 1.00 bits per heavy atom. The molecule has 0 rings (SSSR count). The second kappa shape index (κ2) is 10.0. The number of ether oxygens (including phenoxy) is 1. The third-order valence-corrected chi connectivity index (χ3v) is 2.16. The fraction of sp³-hybridized carbons (Fsp3) is 1.00. The summed E-state index contributed by atoms with van der Waals surface area (Å²) < 4.78 is 5.38. The highest BCUT2D eigenvalue weighted by Gasteiger charge is 2.01. The molecular weight excluding hydrogens is 162 g/mol. The number of nitrogens with two attached hydrogens (primary N) is 1. The summed E-state index contributed by atoms with van der Waals surface area (Å²) in [4.78, 5) is 0. The standard InChI is InChI=1S/C11H25NO/c1-3-5-6-7-11(12)8-10-13-9-4-2/h11H,3-10,12H2,1-2H3. The zero-order chi connectivity index (χ0) is 9.94. The van der Waals surface area contributed by atoms with Gasteiger partial charge < -0.3 is 10.5 Å². The number of rotatable bonds is 9. The van der Waals surface area contributed by atoms with E-state index in [4.69, 9.17) is 10.5 Å². The van der Waals surface area contributed by atoms with Crippen LogP contribution >= 0.6 is 0 Å². The molecule has 0 aromatic heterocycles. The van der Waals surface area contributed by atoms with E-state index in [1.54, 1.807) is 0 Å². The van der Waals surface area contributed by atoms with Crippen LogP contribution in [0.1, 0.15) is 52.4 Å². The van der Waals surface area contributed by atoms with Gasteiger partial charge in [0.25, 0.3) is 0 Å². The van der Waals surface area contributed by atoms with Crippen LogP contribution < -0.4 is 5.73 Å². The first-order valence-electron chi connectivity index (χ1n) is 5.64. The van der Waals surface area contributed by atoms with Gasteiger partial charge in [0, 0.05) is 19.3 Å². The Morgan fingerprint density at radius 3 is 2.38 bits per heavy atom. The van der Waals surface area contributed by atoms with Crippen molar-refractivity contribution in [1.82, 2.24) is 0 Å². The van der Waals surface area contributed by atoms with Gasteiger partial charge in [0.1, 0.15) is 0 Å². The molecule has 0 saturated heterocycles. The minimum atomic E-state index is 0.350. The van der Waals surface area contributed by atoms with Gasteiger partial charge in [-0.3, -0.25) is 0 Å². The minimum Gasteiger partial charge on any atom is -0.381 e. The molecule has 2 nitrogen and oxygen atoms in total. The molecule has 0 aliphatic carbocycles. The maximum absolute atomic E-state index is 5.92. The Balaban J connectivity index is 3.05. The first-order valence-corrected chi connectivity index (χ1v) is 5.64. The van der Waals surface area contributed by atoms with Crippen molar-refractivity contribution in [3.63, 3.8) is 0 Å². The van der Waals surface area contributed by atoms with Crippen molar-refractivity contribution in [2.45, 2.75) is 58.4 Å². The summed E-state index contributed by atoms with van der Waals surface area (Å²) in [6.07, 6.45) is 7.13. The van der Waals surface area contributed by atoms with Gasteiger partial charge in [-0.05, 0) is 19.3 Å². The van der Waals surface area contributed by atoms with Gasteiger partial charge >= 0.3 is 0 Å². The van der Waals surface area contributed by atoms with Crippen molar-refractivity contribution in [3.05, 3.63) is 0 Å². The van der Waals surface area contributed by atoms with Crippen LogP contribution in [0, 0.1) is 0 Å². The van der Waals surface area contributed by atoms with Crippen molar-refractivity contribution in [2.24, 2.45) is 5.73 Å². The first-order chi connectivity index (χ1) is 6.31. The molecule has 0 amide bonds. The first kappa shape index (κ1) is 12.9. The molecule has 2 heteroatoms. The molecule has 80 valence electrons. The molecule has 0 aliphatic rings. The average molecular weight is 187 g/mol. The van der Waals surface area contributed by atoms with E-state index in [9.17, 15) is 0 Å². The van der Waals surface area contributed by atoms with Crippen LogP contribution in [0.5, 0.6) is 0 Å². The van der Waals surface area contributed by atoms with Crippen molar-refractivity contribution in [3.8, 4) is 0 Å². The molecule has 2 N–H and O–H groups in total. The van der Waals surface area contributed by atoms with E-state index in [0.717, 1.165) is 32.5 Å². The van der Waals surface area contributed by atoms with E-state index >= 15 is 0 Å². The predicted octanol–water partition coefficient (Wildman–Crippen LogP) is 2.71. The topological polar surface area (TPSA) is 35.2 Å². The van der Waals surface area contributed by atoms with E-state index < -0.39 is 0 Å². The molecule has 0 bridgehead atoms. The minimum absolute atomic E-state index is 0.350. The van der Waals surface area contributed by atoms with Crippen LogP contribution in [-0.4, -0.2) is 19.3 Å². The zero-order valence-electron chi connectivity index (χ0n) is 9.22. The molecule has 0 saturated carbocycles. The van der Waals surface area contributed by atoms with E-state index in [1.807, 2.05) is 0 Å². The highest BCUT2D eigenvalue weighted by atomic mass is 16.5. The smallest absolute Gasteiger partial charge is 0.0480 e. The Hall–Kier alpha value is -0.0800. The van der Waals surface area contributed by atoms with Crippen LogP contribution in [0.25, 0.3) is 0 Å². The fourth-order valence-corrected chi connectivity index (χ4v) is 1.28. The molecule has 13 heavy (non-hydrogen) atoms. The van der Waals surface area contributed by atoms with Crippen LogP contribution in [0.4, 0.5) is 0 Å². The van der Waals surface area contributed by atoms with Crippen LogP contribution in [0.15, 0.2) is 0 Å². The van der Waals surface area contributed by atoms with Crippen molar-refractivity contribution < 1.29 is 4.74 Å². The highest BCUT2D eigenvalue weighted by Crippen LogP contribution is 2.04. The summed E-state index contributed by atoms with van der Waals surface area (Å²) >= 11 is 0. The second-order valence-corrected chi connectivity index (χ2v) is 3.66. The van der Waals surface area contributed by atoms with E-state index in [-0.39, 0.29) is 0 Å². The van der Waals surface area contributed by atoms with Crippen LogP contribution in [0.3, 0.4) is 0 Å². The maximum Gasteiger partial charge on any atom is 0.0480 e. The van der Waals surface area contributed by atoms with Crippen LogP contribution in [0.2, 0.25) is 0 Å². The summed E-state index contributed by atoms with van der Waals surface area (Å²) in [7, 11) is 0. The number of unbranched alkanes of at least 4 members (excludes halogenated alkanes) is 2. The third kappa shape index (κ3) is 9.84. The lowest BCUT2D eigenvalue weighted by atomic mass is 10.1. The Kier molecular flexibility index (Phi) is 9.94. The molecule has 0 aliphatic heterocycles. The summed E-state index contributed by atoms with van der Waals surface area (Å²) in [5.74, 6) is 0. The highest BCUT2D eigenvalue weighted by molar-refractivity contribution is 4.60. The quantitative estimate of drug-likeness (QED) is 0.563. The third-order valence-electron chi connectivity index (χ3n) is 2.16. The molecule has 0 aromatic rings. The maximum atomic E-state index is 5.92. The molecule has 0 heterocycles. The van der Waals surface area contributed by atoms with Gasteiger partial charge in [-0.1, -0.05) is 33.1 Å². The summed E-state index contributed by atoms with van der Waals surface area (Å²) in [5, 5.41) is 0. The van der Waals surface area contributed by atoms with Crippen molar-refractivity contribution in [2.75, 3.05) is 13.2 Å². The van der Waals surface area contributed by atoms with Gasteiger partial charge in [0.05, 0.1) is 0 Å². The van der Waals surface area contributed by atoms with Crippen molar-refractivity contribution >= 4 is 0 Å². The molecule has 1 unspecified atom stereocenters. The van der Waals surface area contributed by atoms with Crippen molar-refractivity contribution in [1.29, 1.82) is 0 Å². The van der Waals surface area contributed by atoms with E-state index in [1.165, 1.54) is 19.3 Å². The average Bonchev–Trinajstić information content (AvgIpc) is 2.13.